The van der Waals surface area contributed by atoms with E-state index in [0.29, 0.717) is 23.0 Å². The predicted octanol–water partition coefficient (Wildman–Crippen LogP) is 1.13. The van der Waals surface area contributed by atoms with Gasteiger partial charge in [-0.1, -0.05) is 5.16 Å². The molecule has 0 amide bonds. The molecule has 0 aromatic carbocycles. The Morgan fingerprint density at radius 1 is 1.29 bits per heavy atom. The molecule has 86 valence electrons. The van der Waals surface area contributed by atoms with Gasteiger partial charge in [-0.3, -0.25) is 0 Å². The Kier molecular flexibility index (Phi) is 2.04. The topological polar surface area (TPSA) is 81.1 Å². The zero-order chi connectivity index (χ0) is 11.8. The van der Waals surface area contributed by atoms with Crippen LogP contribution in [0.15, 0.2) is 22.7 Å². The van der Waals surface area contributed by atoms with Crippen LogP contribution in [-0.2, 0) is 0 Å². The van der Waals surface area contributed by atoms with E-state index in [2.05, 4.69) is 25.8 Å². The van der Waals surface area contributed by atoms with Gasteiger partial charge in [0.15, 0.2) is 11.4 Å². The maximum absolute atomic E-state index is 5.16. The Bertz CT molecular complexity index is 670. The molecule has 0 fully saturated rings. The van der Waals surface area contributed by atoms with Crippen LogP contribution >= 0.6 is 0 Å². The van der Waals surface area contributed by atoms with E-state index in [1.165, 1.54) is 0 Å². The van der Waals surface area contributed by atoms with E-state index in [1.807, 2.05) is 25.1 Å². The summed E-state index contributed by atoms with van der Waals surface area (Å²) in [4.78, 5) is 0. The maximum Gasteiger partial charge on any atom is 0.245 e. The van der Waals surface area contributed by atoms with Crippen molar-refractivity contribution in [2.45, 2.75) is 6.92 Å². The first-order valence-electron chi connectivity index (χ1n) is 5.12. The highest BCUT2D eigenvalue weighted by Gasteiger charge is 2.10. The fourth-order valence-electron chi connectivity index (χ4n) is 1.56. The predicted molar refractivity (Wildman–Crippen MR) is 60.6 cm³/mol. The molecular formula is C10H10N6O. The normalized spacial score (nSPS) is 10.9. The Morgan fingerprint density at radius 2 is 2.18 bits per heavy atom. The Hall–Kier alpha value is -2.44. The summed E-state index contributed by atoms with van der Waals surface area (Å²) in [6.07, 6.45) is 0. The zero-order valence-corrected chi connectivity index (χ0v) is 9.38. The van der Waals surface area contributed by atoms with E-state index < -0.39 is 0 Å². The molecule has 17 heavy (non-hydrogen) atoms. The van der Waals surface area contributed by atoms with Gasteiger partial charge in [-0.2, -0.15) is 9.61 Å². The molecule has 3 rings (SSSR count). The fourth-order valence-corrected chi connectivity index (χ4v) is 1.56. The van der Waals surface area contributed by atoms with Crippen LogP contribution in [-0.4, -0.2) is 32.0 Å². The molecule has 7 heteroatoms. The fraction of sp³-hybridized carbons (Fsp3) is 0.200. The van der Waals surface area contributed by atoms with Crippen LogP contribution in [0.3, 0.4) is 0 Å². The third-order valence-electron chi connectivity index (χ3n) is 2.37. The number of nitrogens with zero attached hydrogens (tertiary/aromatic N) is 5. The van der Waals surface area contributed by atoms with Gasteiger partial charge in [0.2, 0.25) is 5.95 Å². The standard InChI is InChI=1S/C10H10N6O/c1-6-5-8(17-15-6)7-3-4-9-12-13-10(11-2)16(9)14-7/h3-5H,1-2H3,(H,11,13). The van der Waals surface area contributed by atoms with E-state index in [4.69, 9.17) is 4.52 Å². The van der Waals surface area contributed by atoms with E-state index in [9.17, 15) is 0 Å². The van der Waals surface area contributed by atoms with Crippen LogP contribution in [0.25, 0.3) is 17.1 Å². The molecule has 0 unspecified atom stereocenters. The molecule has 1 N–H and O–H groups in total. The molecule has 3 aromatic rings. The second-order valence-electron chi connectivity index (χ2n) is 3.59. The molecule has 0 aliphatic carbocycles. The van der Waals surface area contributed by atoms with E-state index >= 15 is 0 Å². The summed E-state index contributed by atoms with van der Waals surface area (Å²) in [7, 11) is 1.77. The van der Waals surface area contributed by atoms with Crippen LogP contribution in [0.1, 0.15) is 5.69 Å². The summed E-state index contributed by atoms with van der Waals surface area (Å²) >= 11 is 0. The lowest BCUT2D eigenvalue weighted by molar-refractivity contribution is 0.425. The van der Waals surface area contributed by atoms with Gasteiger partial charge in [-0.15, -0.1) is 10.2 Å². The highest BCUT2D eigenvalue weighted by molar-refractivity contribution is 5.55. The molecule has 0 aliphatic heterocycles. The van der Waals surface area contributed by atoms with Crippen molar-refractivity contribution in [3.8, 4) is 11.5 Å². The van der Waals surface area contributed by atoms with E-state index in [-0.39, 0.29) is 0 Å². The lowest BCUT2D eigenvalue weighted by atomic mass is 10.3. The Balaban J connectivity index is 2.18. The number of aryl methyl sites for hydroxylation is 1. The summed E-state index contributed by atoms with van der Waals surface area (Å²) in [5.74, 6) is 1.21. The summed E-state index contributed by atoms with van der Waals surface area (Å²) in [6.45, 7) is 1.86. The van der Waals surface area contributed by atoms with E-state index in [0.717, 1.165) is 5.69 Å². The summed E-state index contributed by atoms with van der Waals surface area (Å²) in [5, 5.41) is 19.0. The summed E-state index contributed by atoms with van der Waals surface area (Å²) < 4.78 is 6.78. The minimum atomic E-state index is 0.582. The first kappa shape index (κ1) is 9.76. The molecule has 0 radical (unpaired) electrons. The van der Waals surface area contributed by atoms with Gasteiger partial charge in [0, 0.05) is 13.1 Å². The molecule has 3 heterocycles. The average Bonchev–Trinajstić information content (AvgIpc) is 2.94. The number of hydrogen-bond acceptors (Lipinski definition) is 6. The van der Waals surface area contributed by atoms with Crippen molar-refractivity contribution in [1.29, 1.82) is 0 Å². The smallest absolute Gasteiger partial charge is 0.245 e. The average molecular weight is 230 g/mol. The van der Waals surface area contributed by atoms with Crippen molar-refractivity contribution in [3.63, 3.8) is 0 Å². The zero-order valence-electron chi connectivity index (χ0n) is 9.38. The van der Waals surface area contributed by atoms with Gasteiger partial charge in [0.05, 0.1) is 5.69 Å². The Morgan fingerprint density at radius 3 is 2.88 bits per heavy atom. The third kappa shape index (κ3) is 1.52. The largest absolute Gasteiger partial charge is 0.356 e. The van der Waals surface area contributed by atoms with E-state index in [1.54, 1.807) is 11.6 Å². The lowest BCUT2D eigenvalue weighted by Gasteiger charge is -1.98. The molecule has 7 nitrogen and oxygen atoms in total. The first-order chi connectivity index (χ1) is 8.28. The molecule has 0 saturated carbocycles. The van der Waals surface area contributed by atoms with Crippen LogP contribution < -0.4 is 5.32 Å². The molecule has 0 spiro atoms. The molecule has 0 aliphatic rings. The quantitative estimate of drug-likeness (QED) is 0.710. The van der Waals surface area contributed by atoms with Crippen LogP contribution in [0.5, 0.6) is 0 Å². The minimum Gasteiger partial charge on any atom is -0.356 e. The van der Waals surface area contributed by atoms with Crippen LogP contribution in [0.2, 0.25) is 0 Å². The van der Waals surface area contributed by atoms with Crippen molar-refractivity contribution in [3.05, 3.63) is 23.9 Å². The van der Waals surface area contributed by atoms with Crippen molar-refractivity contribution in [1.82, 2.24) is 25.0 Å². The molecule has 0 saturated heterocycles. The van der Waals surface area contributed by atoms with Gasteiger partial charge >= 0.3 is 0 Å². The maximum atomic E-state index is 5.16. The number of fused-ring (bicyclic) bond motifs is 1. The third-order valence-corrected chi connectivity index (χ3v) is 2.37. The highest BCUT2D eigenvalue weighted by atomic mass is 16.5. The minimum absolute atomic E-state index is 0.582. The number of rotatable bonds is 2. The van der Waals surface area contributed by atoms with Crippen molar-refractivity contribution in [2.75, 3.05) is 12.4 Å². The number of nitrogens with one attached hydrogen (secondary N) is 1. The first-order valence-corrected chi connectivity index (χ1v) is 5.12. The van der Waals surface area contributed by atoms with Gasteiger partial charge < -0.3 is 9.84 Å². The molecule has 0 atom stereocenters. The van der Waals surface area contributed by atoms with Gasteiger partial charge in [-0.25, -0.2) is 0 Å². The van der Waals surface area contributed by atoms with Crippen molar-refractivity contribution >= 4 is 11.6 Å². The van der Waals surface area contributed by atoms with Gasteiger partial charge in [-0.05, 0) is 19.1 Å². The monoisotopic (exact) mass is 230 g/mol. The second-order valence-corrected chi connectivity index (χ2v) is 3.59. The van der Waals surface area contributed by atoms with Crippen molar-refractivity contribution in [2.24, 2.45) is 0 Å². The number of aromatic nitrogens is 5. The Labute approximate surface area is 96.4 Å². The van der Waals surface area contributed by atoms with Crippen LogP contribution in [0, 0.1) is 6.92 Å². The summed E-state index contributed by atoms with van der Waals surface area (Å²) in [6, 6.07) is 5.48. The molecular weight excluding hydrogens is 220 g/mol. The summed E-state index contributed by atoms with van der Waals surface area (Å²) in [5.41, 5.74) is 2.18. The molecule has 0 bridgehead atoms. The van der Waals surface area contributed by atoms with Gasteiger partial charge in [0.1, 0.15) is 5.69 Å². The number of anilines is 1. The second kappa shape index (κ2) is 3.55. The highest BCUT2D eigenvalue weighted by Crippen LogP contribution is 2.18. The number of hydrogen-bond donors (Lipinski definition) is 1. The lowest BCUT2D eigenvalue weighted by Crippen LogP contribution is -2.00. The van der Waals surface area contributed by atoms with Crippen LogP contribution in [0.4, 0.5) is 5.95 Å². The van der Waals surface area contributed by atoms with Gasteiger partial charge in [0.25, 0.3) is 0 Å². The SMILES string of the molecule is CNc1nnc2ccc(-c3cc(C)no3)nn12. The van der Waals surface area contributed by atoms with Crippen molar-refractivity contribution < 1.29 is 4.52 Å². The molecule has 3 aromatic heterocycles.